The van der Waals surface area contributed by atoms with Crippen molar-refractivity contribution in [2.75, 3.05) is 12.4 Å². The van der Waals surface area contributed by atoms with Crippen molar-refractivity contribution in [1.82, 2.24) is 9.97 Å². The summed E-state index contributed by atoms with van der Waals surface area (Å²) in [6.45, 7) is 0. The van der Waals surface area contributed by atoms with E-state index in [0.717, 1.165) is 25.7 Å². The summed E-state index contributed by atoms with van der Waals surface area (Å²) in [5.74, 6) is 0.486. The highest BCUT2D eigenvalue weighted by atomic mass is 35.5. The molecule has 18 heavy (non-hydrogen) atoms. The molecule has 1 fully saturated rings. The Labute approximate surface area is 111 Å². The average molecular weight is 267 g/mol. The van der Waals surface area contributed by atoms with Gasteiger partial charge in [-0.05, 0) is 25.7 Å². The number of nitrogens with zero attached hydrogens (tertiary/aromatic N) is 3. The molecule has 1 heterocycles. The van der Waals surface area contributed by atoms with Gasteiger partial charge in [-0.25, -0.2) is 4.98 Å². The van der Waals surface area contributed by atoms with Gasteiger partial charge >= 0.3 is 0 Å². The summed E-state index contributed by atoms with van der Waals surface area (Å²) >= 11 is 5.86. The smallest absolute Gasteiger partial charge is 0.224 e. The summed E-state index contributed by atoms with van der Waals surface area (Å²) in [6, 6.07) is 2.29. The van der Waals surface area contributed by atoms with Crippen molar-refractivity contribution in [1.29, 1.82) is 5.26 Å². The Morgan fingerprint density at radius 3 is 2.72 bits per heavy atom. The molecule has 1 aliphatic rings. The second-order valence-corrected chi connectivity index (χ2v) is 4.72. The van der Waals surface area contributed by atoms with E-state index in [2.05, 4.69) is 15.3 Å². The van der Waals surface area contributed by atoms with Gasteiger partial charge in [0, 0.05) is 13.2 Å². The molecule has 6 heteroatoms. The lowest BCUT2D eigenvalue weighted by molar-refractivity contribution is 0.0681. The van der Waals surface area contributed by atoms with Gasteiger partial charge in [0.15, 0.2) is 5.15 Å². The summed E-state index contributed by atoms with van der Waals surface area (Å²) in [5, 5.41) is 12.2. The molecule has 0 amide bonds. The summed E-state index contributed by atoms with van der Waals surface area (Å²) in [4.78, 5) is 8.15. The summed E-state index contributed by atoms with van der Waals surface area (Å²) in [6.07, 6.45) is 5.95. The van der Waals surface area contributed by atoms with Crippen LogP contribution in [0.1, 0.15) is 31.2 Å². The monoisotopic (exact) mass is 266 g/mol. The minimum absolute atomic E-state index is 0.195. The van der Waals surface area contributed by atoms with Gasteiger partial charge in [0.25, 0.3) is 0 Å². The number of hydrogen-bond donors (Lipinski definition) is 1. The third-order valence-electron chi connectivity index (χ3n) is 3.20. The van der Waals surface area contributed by atoms with Crippen LogP contribution in [0.25, 0.3) is 0 Å². The third-order valence-corrected chi connectivity index (χ3v) is 3.49. The fourth-order valence-corrected chi connectivity index (χ4v) is 2.30. The van der Waals surface area contributed by atoms with Gasteiger partial charge < -0.3 is 10.1 Å². The van der Waals surface area contributed by atoms with E-state index in [-0.39, 0.29) is 5.15 Å². The minimum Gasteiger partial charge on any atom is -0.381 e. The van der Waals surface area contributed by atoms with Crippen LogP contribution in [0.5, 0.6) is 0 Å². The fraction of sp³-hybridized carbons (Fsp3) is 0.583. The lowest BCUT2D eigenvalue weighted by Gasteiger charge is -2.28. The van der Waals surface area contributed by atoms with Crippen LogP contribution in [-0.4, -0.2) is 29.2 Å². The van der Waals surface area contributed by atoms with Crippen molar-refractivity contribution in [3.05, 3.63) is 16.9 Å². The maximum atomic E-state index is 8.74. The maximum absolute atomic E-state index is 8.74. The van der Waals surface area contributed by atoms with E-state index < -0.39 is 0 Å². The number of aromatic nitrogens is 2. The van der Waals surface area contributed by atoms with Crippen LogP contribution < -0.4 is 5.32 Å². The zero-order valence-corrected chi connectivity index (χ0v) is 10.9. The number of methoxy groups -OCH3 is 1. The van der Waals surface area contributed by atoms with Gasteiger partial charge in [0.1, 0.15) is 11.6 Å². The number of nitriles is 1. The first kappa shape index (κ1) is 13.1. The van der Waals surface area contributed by atoms with Crippen LogP contribution in [0.2, 0.25) is 5.15 Å². The highest BCUT2D eigenvalue weighted by Crippen LogP contribution is 2.23. The Balaban J connectivity index is 1.94. The van der Waals surface area contributed by atoms with Crippen molar-refractivity contribution < 1.29 is 4.74 Å². The molecule has 0 atom stereocenters. The number of ether oxygens (including phenoxy) is 1. The van der Waals surface area contributed by atoms with Crippen LogP contribution in [0.3, 0.4) is 0 Å². The van der Waals surface area contributed by atoms with E-state index in [4.69, 9.17) is 21.6 Å². The molecule has 0 unspecified atom stereocenters. The largest absolute Gasteiger partial charge is 0.381 e. The fourth-order valence-electron chi connectivity index (χ4n) is 2.13. The molecule has 0 radical (unpaired) electrons. The molecular weight excluding hydrogens is 252 g/mol. The molecule has 0 spiro atoms. The molecule has 1 aromatic heterocycles. The summed E-state index contributed by atoms with van der Waals surface area (Å²) < 4.78 is 5.32. The van der Waals surface area contributed by atoms with Crippen LogP contribution in [0, 0.1) is 11.3 Å². The van der Waals surface area contributed by atoms with E-state index in [1.165, 1.54) is 6.20 Å². The van der Waals surface area contributed by atoms with Crippen LogP contribution in [-0.2, 0) is 4.74 Å². The quantitative estimate of drug-likeness (QED) is 0.851. The molecule has 0 aromatic carbocycles. The van der Waals surface area contributed by atoms with Gasteiger partial charge in [0.2, 0.25) is 5.95 Å². The van der Waals surface area contributed by atoms with Crippen LogP contribution >= 0.6 is 11.6 Å². The number of anilines is 1. The second-order valence-electron chi connectivity index (χ2n) is 4.36. The SMILES string of the molecule is CO[C@H]1CC[C@H](Nc2ncc(C#N)c(Cl)n2)CC1. The van der Waals surface area contributed by atoms with Gasteiger partial charge in [-0.2, -0.15) is 10.2 Å². The summed E-state index contributed by atoms with van der Waals surface area (Å²) in [7, 11) is 1.75. The Morgan fingerprint density at radius 1 is 1.44 bits per heavy atom. The highest BCUT2D eigenvalue weighted by Gasteiger charge is 2.21. The predicted molar refractivity (Wildman–Crippen MR) is 68.4 cm³/mol. The van der Waals surface area contributed by atoms with Crippen LogP contribution in [0.15, 0.2) is 6.20 Å². The first-order valence-corrected chi connectivity index (χ1v) is 6.32. The normalized spacial score (nSPS) is 23.4. The molecule has 1 saturated carbocycles. The molecule has 2 rings (SSSR count). The van der Waals surface area contributed by atoms with Crippen molar-refractivity contribution in [3.8, 4) is 6.07 Å². The molecule has 1 N–H and O–H groups in total. The number of rotatable bonds is 3. The molecular formula is C12H15ClN4O. The topological polar surface area (TPSA) is 70.8 Å². The molecule has 0 aliphatic heterocycles. The third kappa shape index (κ3) is 3.09. The zero-order valence-electron chi connectivity index (χ0n) is 10.2. The maximum Gasteiger partial charge on any atom is 0.224 e. The first-order valence-electron chi connectivity index (χ1n) is 5.95. The number of nitrogens with one attached hydrogen (secondary N) is 1. The molecule has 5 nitrogen and oxygen atoms in total. The van der Waals surface area contributed by atoms with Crippen molar-refractivity contribution in [2.45, 2.75) is 37.8 Å². The number of hydrogen-bond acceptors (Lipinski definition) is 5. The predicted octanol–water partition coefficient (Wildman–Crippen LogP) is 2.37. The van der Waals surface area contributed by atoms with Crippen molar-refractivity contribution in [3.63, 3.8) is 0 Å². The van der Waals surface area contributed by atoms with E-state index in [1.54, 1.807) is 7.11 Å². The van der Waals surface area contributed by atoms with Crippen molar-refractivity contribution >= 4 is 17.5 Å². The van der Waals surface area contributed by atoms with Gasteiger partial charge in [-0.1, -0.05) is 11.6 Å². The van der Waals surface area contributed by atoms with Gasteiger partial charge in [-0.3, -0.25) is 0 Å². The highest BCUT2D eigenvalue weighted by molar-refractivity contribution is 6.30. The molecule has 1 aliphatic carbocycles. The molecule has 0 bridgehead atoms. The van der Waals surface area contributed by atoms with E-state index >= 15 is 0 Å². The molecule has 96 valence electrons. The minimum atomic E-state index is 0.195. The lowest BCUT2D eigenvalue weighted by Crippen LogP contribution is -2.29. The Bertz CT molecular complexity index is 452. The van der Waals surface area contributed by atoms with Crippen LogP contribution in [0.4, 0.5) is 5.95 Å². The Morgan fingerprint density at radius 2 is 2.17 bits per heavy atom. The molecule has 1 aromatic rings. The average Bonchev–Trinajstić information content (AvgIpc) is 2.40. The lowest BCUT2D eigenvalue weighted by atomic mass is 9.93. The Kier molecular flexibility index (Phi) is 4.34. The molecule has 0 saturated heterocycles. The second kappa shape index (κ2) is 5.98. The van der Waals surface area contributed by atoms with Gasteiger partial charge in [0.05, 0.1) is 12.3 Å². The standard InChI is InChI=1S/C12H15ClN4O/c1-18-10-4-2-9(3-5-10)16-12-15-7-8(6-14)11(13)17-12/h7,9-10H,2-5H2,1H3,(H,15,16,17)/t9-,10-. The van der Waals surface area contributed by atoms with E-state index in [0.29, 0.717) is 23.7 Å². The first-order chi connectivity index (χ1) is 8.72. The van der Waals surface area contributed by atoms with E-state index in [9.17, 15) is 0 Å². The van der Waals surface area contributed by atoms with E-state index in [1.807, 2.05) is 6.07 Å². The number of halogens is 1. The van der Waals surface area contributed by atoms with Crippen molar-refractivity contribution in [2.24, 2.45) is 0 Å². The summed E-state index contributed by atoms with van der Waals surface area (Å²) in [5.41, 5.74) is 0.297. The van der Waals surface area contributed by atoms with Gasteiger partial charge in [-0.15, -0.1) is 0 Å². The zero-order chi connectivity index (χ0) is 13.0. The Hall–Kier alpha value is -1.38.